The molecule has 2 rings (SSSR count). The molecule has 0 atom stereocenters. The Morgan fingerprint density at radius 2 is 2.10 bits per heavy atom. The number of aryl methyl sites for hydroxylation is 3. The predicted molar refractivity (Wildman–Crippen MR) is 83.2 cm³/mol. The first kappa shape index (κ1) is 15.3. The van der Waals surface area contributed by atoms with Crippen LogP contribution in [-0.4, -0.2) is 35.4 Å². The molecule has 0 fully saturated rings. The van der Waals surface area contributed by atoms with E-state index >= 15 is 0 Å². The van der Waals surface area contributed by atoms with Crippen molar-refractivity contribution in [3.05, 3.63) is 29.6 Å². The first-order valence-electron chi connectivity index (χ1n) is 6.69. The van der Waals surface area contributed by atoms with Crippen LogP contribution in [0.25, 0.3) is 11.0 Å². The summed E-state index contributed by atoms with van der Waals surface area (Å²) < 4.78 is 25.4. The average molecular weight is 315 g/mol. The maximum Gasteiger partial charge on any atom is 0.151 e. The van der Waals surface area contributed by atoms with Gasteiger partial charge in [-0.3, -0.25) is 0 Å². The average Bonchev–Trinajstić information content (AvgIpc) is 2.76. The summed E-state index contributed by atoms with van der Waals surface area (Å²) in [7, 11) is -2.99. The van der Waals surface area contributed by atoms with Gasteiger partial charge < -0.3 is 4.57 Å². The second-order valence-corrected chi connectivity index (χ2v) is 7.65. The van der Waals surface area contributed by atoms with Crippen LogP contribution in [0.5, 0.6) is 0 Å². The van der Waals surface area contributed by atoms with Gasteiger partial charge in [0.25, 0.3) is 0 Å². The second-order valence-electron chi connectivity index (χ2n) is 4.80. The van der Waals surface area contributed by atoms with Crippen molar-refractivity contribution in [2.75, 3.05) is 17.4 Å². The van der Waals surface area contributed by atoms with E-state index in [0.717, 1.165) is 22.4 Å². The van der Waals surface area contributed by atoms with Crippen LogP contribution >= 0.6 is 11.6 Å². The van der Waals surface area contributed by atoms with E-state index < -0.39 is 9.84 Å². The third-order valence-corrected chi connectivity index (χ3v) is 5.32. The minimum Gasteiger partial charge on any atom is -0.327 e. The molecule has 0 unspecified atom stereocenters. The Morgan fingerprint density at radius 3 is 2.75 bits per heavy atom. The summed E-state index contributed by atoms with van der Waals surface area (Å²) in [5.74, 6) is 1.64. The number of aromatic nitrogens is 2. The summed E-state index contributed by atoms with van der Waals surface area (Å²) in [4.78, 5) is 4.61. The van der Waals surface area contributed by atoms with Crippen molar-refractivity contribution in [2.45, 2.75) is 26.8 Å². The van der Waals surface area contributed by atoms with Crippen molar-refractivity contribution in [1.82, 2.24) is 9.55 Å². The third kappa shape index (κ3) is 3.15. The van der Waals surface area contributed by atoms with E-state index in [1.807, 2.05) is 29.7 Å². The predicted octanol–water partition coefficient (Wildman–Crippen LogP) is 2.56. The van der Waals surface area contributed by atoms with Crippen LogP contribution in [0.2, 0.25) is 0 Å². The van der Waals surface area contributed by atoms with Gasteiger partial charge in [0.15, 0.2) is 9.84 Å². The van der Waals surface area contributed by atoms with E-state index in [2.05, 4.69) is 4.98 Å². The van der Waals surface area contributed by atoms with Gasteiger partial charge in [0.2, 0.25) is 0 Å². The Labute approximate surface area is 124 Å². The van der Waals surface area contributed by atoms with Gasteiger partial charge in [0, 0.05) is 24.6 Å². The first-order valence-corrected chi connectivity index (χ1v) is 9.05. The molecule has 0 aliphatic carbocycles. The largest absolute Gasteiger partial charge is 0.327 e. The number of imidazole rings is 1. The van der Waals surface area contributed by atoms with Crippen LogP contribution in [-0.2, 0) is 22.8 Å². The minimum absolute atomic E-state index is 0.137. The van der Waals surface area contributed by atoms with Gasteiger partial charge in [-0.1, -0.05) is 19.1 Å². The summed E-state index contributed by atoms with van der Waals surface area (Å²) in [6, 6.07) is 5.95. The molecule has 2 aromatic rings. The fourth-order valence-corrected chi connectivity index (χ4v) is 3.15. The third-order valence-electron chi connectivity index (χ3n) is 3.44. The number of halogens is 1. The Morgan fingerprint density at radius 1 is 1.35 bits per heavy atom. The van der Waals surface area contributed by atoms with E-state index in [0.29, 0.717) is 18.8 Å². The van der Waals surface area contributed by atoms with Gasteiger partial charge in [0.05, 0.1) is 16.8 Å². The molecule has 1 aromatic heterocycles. The molecule has 0 spiro atoms. The van der Waals surface area contributed by atoms with Crippen LogP contribution < -0.4 is 0 Å². The molecule has 0 radical (unpaired) electrons. The quantitative estimate of drug-likeness (QED) is 0.770. The van der Waals surface area contributed by atoms with Crippen molar-refractivity contribution in [2.24, 2.45) is 0 Å². The monoisotopic (exact) mass is 314 g/mol. The first-order chi connectivity index (χ1) is 9.48. The normalized spacial score (nSPS) is 12.2. The molecule has 0 aliphatic heterocycles. The van der Waals surface area contributed by atoms with Crippen LogP contribution in [0.4, 0.5) is 0 Å². The van der Waals surface area contributed by atoms with Crippen LogP contribution in [0.15, 0.2) is 18.2 Å². The fourth-order valence-electron chi connectivity index (χ4n) is 2.23. The molecule has 110 valence electrons. The van der Waals surface area contributed by atoms with Crippen LogP contribution in [0.1, 0.15) is 18.3 Å². The van der Waals surface area contributed by atoms with Gasteiger partial charge in [0.1, 0.15) is 5.82 Å². The Balaban J connectivity index is 2.44. The Bertz CT molecular complexity index is 707. The topological polar surface area (TPSA) is 52.0 Å². The maximum absolute atomic E-state index is 11.7. The smallest absolute Gasteiger partial charge is 0.151 e. The van der Waals surface area contributed by atoms with Crippen molar-refractivity contribution in [1.29, 1.82) is 0 Å². The molecule has 20 heavy (non-hydrogen) atoms. The van der Waals surface area contributed by atoms with Crippen molar-refractivity contribution >= 4 is 32.5 Å². The number of hydrogen-bond donors (Lipinski definition) is 0. The van der Waals surface area contributed by atoms with Gasteiger partial charge in [-0.25, -0.2) is 13.4 Å². The summed E-state index contributed by atoms with van der Waals surface area (Å²) in [5, 5.41) is 0. The SMILES string of the molecule is CCS(=O)(=O)CCn1c(CCCl)nc2c(C)cccc21. The molecule has 0 saturated heterocycles. The van der Waals surface area contributed by atoms with E-state index in [1.165, 1.54) is 0 Å². The number of sulfone groups is 1. The lowest BCUT2D eigenvalue weighted by molar-refractivity contribution is 0.589. The van der Waals surface area contributed by atoms with Crippen molar-refractivity contribution in [3.8, 4) is 0 Å². The molecule has 0 aliphatic rings. The van der Waals surface area contributed by atoms with Crippen molar-refractivity contribution < 1.29 is 8.42 Å². The zero-order valence-electron chi connectivity index (χ0n) is 11.8. The molecule has 0 N–H and O–H groups in total. The van der Waals surface area contributed by atoms with Crippen LogP contribution in [0, 0.1) is 6.92 Å². The van der Waals surface area contributed by atoms with E-state index in [9.17, 15) is 8.42 Å². The van der Waals surface area contributed by atoms with Gasteiger partial charge in [-0.15, -0.1) is 11.6 Å². The number of hydrogen-bond acceptors (Lipinski definition) is 3. The summed E-state index contributed by atoms with van der Waals surface area (Å²) >= 11 is 5.82. The highest BCUT2D eigenvalue weighted by Crippen LogP contribution is 2.20. The summed E-state index contributed by atoms with van der Waals surface area (Å²) in [5.41, 5.74) is 3.01. The molecule has 0 amide bonds. The number of para-hydroxylation sites is 1. The molecular formula is C14H19ClN2O2S. The van der Waals surface area contributed by atoms with Gasteiger partial charge >= 0.3 is 0 Å². The fraction of sp³-hybridized carbons (Fsp3) is 0.500. The minimum atomic E-state index is -2.99. The Hall–Kier alpha value is -1.07. The molecule has 1 aromatic carbocycles. The lowest BCUT2D eigenvalue weighted by Crippen LogP contribution is -2.16. The number of nitrogens with zero attached hydrogens (tertiary/aromatic N) is 2. The molecule has 0 bridgehead atoms. The molecular weight excluding hydrogens is 296 g/mol. The molecule has 0 saturated carbocycles. The van der Waals surface area contributed by atoms with Crippen molar-refractivity contribution in [3.63, 3.8) is 0 Å². The maximum atomic E-state index is 11.7. The number of alkyl halides is 1. The number of rotatable bonds is 6. The zero-order chi connectivity index (χ0) is 14.8. The van der Waals surface area contributed by atoms with Gasteiger partial charge in [-0.2, -0.15) is 0 Å². The highest BCUT2D eigenvalue weighted by atomic mass is 35.5. The van der Waals surface area contributed by atoms with Crippen LogP contribution in [0.3, 0.4) is 0 Å². The van der Waals surface area contributed by atoms with Gasteiger partial charge in [-0.05, 0) is 18.6 Å². The number of benzene rings is 1. The second kappa shape index (κ2) is 6.14. The number of fused-ring (bicyclic) bond motifs is 1. The van der Waals surface area contributed by atoms with E-state index in [-0.39, 0.29) is 11.5 Å². The lowest BCUT2D eigenvalue weighted by atomic mass is 10.2. The molecule has 4 nitrogen and oxygen atoms in total. The molecule has 1 heterocycles. The summed E-state index contributed by atoms with van der Waals surface area (Å²) in [6.07, 6.45) is 0.641. The highest BCUT2D eigenvalue weighted by molar-refractivity contribution is 7.91. The zero-order valence-corrected chi connectivity index (χ0v) is 13.3. The summed E-state index contributed by atoms with van der Waals surface area (Å²) in [6.45, 7) is 4.11. The highest BCUT2D eigenvalue weighted by Gasteiger charge is 2.14. The van der Waals surface area contributed by atoms with E-state index in [4.69, 9.17) is 11.6 Å². The Kier molecular flexibility index (Phi) is 4.70. The molecule has 6 heteroatoms. The lowest BCUT2D eigenvalue weighted by Gasteiger charge is -2.08. The van der Waals surface area contributed by atoms with E-state index in [1.54, 1.807) is 6.92 Å². The standard InChI is InChI=1S/C14H19ClN2O2S/c1-3-20(18,19)10-9-17-12-6-4-5-11(2)14(12)16-13(17)7-8-15/h4-6H,3,7-10H2,1-2H3.